The van der Waals surface area contributed by atoms with Gasteiger partial charge in [-0.05, 0) is 18.4 Å². The van der Waals surface area contributed by atoms with Gasteiger partial charge in [0.05, 0.1) is 11.5 Å². The lowest BCUT2D eigenvalue weighted by Crippen LogP contribution is -2.35. The van der Waals surface area contributed by atoms with E-state index < -0.39 is 4.92 Å². The topological polar surface area (TPSA) is 92.6 Å². The summed E-state index contributed by atoms with van der Waals surface area (Å²) in [7, 11) is 0. The molecule has 110 valence electrons. The highest BCUT2D eigenvalue weighted by Crippen LogP contribution is 2.29. The summed E-state index contributed by atoms with van der Waals surface area (Å²) in [5, 5.41) is 20.1. The highest BCUT2D eigenvalue weighted by Gasteiger charge is 2.24. The Morgan fingerprint density at radius 2 is 2.10 bits per heavy atom. The van der Waals surface area contributed by atoms with Crippen LogP contribution in [0.15, 0.2) is 18.2 Å². The lowest BCUT2D eigenvalue weighted by atomic mass is 10.1. The van der Waals surface area contributed by atoms with Crippen LogP contribution in [-0.4, -0.2) is 34.1 Å². The van der Waals surface area contributed by atoms with Gasteiger partial charge in [-0.15, -0.1) is 0 Å². The molecule has 1 fully saturated rings. The van der Waals surface area contributed by atoms with E-state index in [9.17, 15) is 15.2 Å². The van der Waals surface area contributed by atoms with Gasteiger partial charge in [0.1, 0.15) is 5.69 Å². The molecular weight excluding hydrogens is 258 g/mol. The molecule has 1 aromatic carbocycles. The summed E-state index contributed by atoms with van der Waals surface area (Å²) >= 11 is 0. The predicted molar refractivity (Wildman–Crippen MR) is 77.3 cm³/mol. The van der Waals surface area contributed by atoms with Crippen LogP contribution >= 0.6 is 0 Å². The molecule has 3 N–H and O–H groups in total. The van der Waals surface area contributed by atoms with Crippen LogP contribution in [0.3, 0.4) is 0 Å². The van der Waals surface area contributed by atoms with Crippen LogP contribution < -0.4 is 5.73 Å². The molecule has 0 bridgehead atoms. The first kappa shape index (κ1) is 14.7. The molecule has 1 aliphatic rings. The number of rotatable bonds is 6. The highest BCUT2D eigenvalue weighted by molar-refractivity contribution is 5.62. The molecule has 6 nitrogen and oxygen atoms in total. The van der Waals surface area contributed by atoms with Gasteiger partial charge in [-0.3, -0.25) is 15.0 Å². The zero-order chi connectivity index (χ0) is 14.5. The minimum absolute atomic E-state index is 0.0436. The number of nitro benzene ring substituents is 1. The standard InChI is InChI=1S/C14H21N3O3/c15-14-11(4-3-7-13(14)17(19)20)10-16(8-9-18)12-5-1-2-6-12/h3-4,7,12,18H,1-2,5-6,8-10,15H2. The summed E-state index contributed by atoms with van der Waals surface area (Å²) in [6.45, 7) is 1.22. The van der Waals surface area contributed by atoms with Crippen molar-refractivity contribution in [1.29, 1.82) is 0 Å². The molecule has 20 heavy (non-hydrogen) atoms. The minimum atomic E-state index is -0.454. The van der Waals surface area contributed by atoms with Crippen molar-refractivity contribution in [3.63, 3.8) is 0 Å². The molecule has 0 aromatic heterocycles. The van der Waals surface area contributed by atoms with Gasteiger partial charge in [-0.2, -0.15) is 0 Å². The lowest BCUT2D eigenvalue weighted by Gasteiger charge is -2.28. The van der Waals surface area contributed by atoms with Crippen LogP contribution in [0.1, 0.15) is 31.2 Å². The number of hydrogen-bond acceptors (Lipinski definition) is 5. The van der Waals surface area contributed by atoms with Gasteiger partial charge < -0.3 is 10.8 Å². The SMILES string of the molecule is Nc1c(CN(CCO)C2CCCC2)cccc1[N+](=O)[O-]. The van der Waals surface area contributed by atoms with E-state index in [1.807, 2.05) is 6.07 Å². The van der Waals surface area contributed by atoms with Crippen molar-refractivity contribution in [3.8, 4) is 0 Å². The summed E-state index contributed by atoms with van der Waals surface area (Å²) in [5.74, 6) is 0. The quantitative estimate of drug-likeness (QED) is 0.471. The third-order valence-electron chi connectivity index (χ3n) is 3.97. The van der Waals surface area contributed by atoms with Gasteiger partial charge in [0.25, 0.3) is 5.69 Å². The zero-order valence-corrected chi connectivity index (χ0v) is 11.5. The molecule has 1 saturated carbocycles. The molecule has 2 rings (SSSR count). The number of nitrogens with two attached hydrogens (primary N) is 1. The van der Waals surface area contributed by atoms with Crippen molar-refractivity contribution in [3.05, 3.63) is 33.9 Å². The zero-order valence-electron chi connectivity index (χ0n) is 11.5. The third-order valence-corrected chi connectivity index (χ3v) is 3.97. The van der Waals surface area contributed by atoms with Crippen LogP contribution in [0, 0.1) is 10.1 Å². The number of hydrogen-bond donors (Lipinski definition) is 2. The molecule has 0 atom stereocenters. The summed E-state index contributed by atoms with van der Waals surface area (Å²) in [6, 6.07) is 5.35. The van der Waals surface area contributed by atoms with E-state index >= 15 is 0 Å². The Morgan fingerprint density at radius 3 is 2.70 bits per heavy atom. The van der Waals surface area contributed by atoms with Gasteiger partial charge in [0.2, 0.25) is 0 Å². The molecule has 0 aliphatic heterocycles. The number of para-hydroxylation sites is 1. The number of aliphatic hydroxyl groups is 1. The van der Waals surface area contributed by atoms with Crippen molar-refractivity contribution in [2.24, 2.45) is 0 Å². The Morgan fingerprint density at radius 1 is 1.40 bits per heavy atom. The van der Waals surface area contributed by atoms with Gasteiger partial charge in [-0.25, -0.2) is 0 Å². The Labute approximate surface area is 118 Å². The molecule has 0 unspecified atom stereocenters. The maximum atomic E-state index is 10.9. The smallest absolute Gasteiger partial charge is 0.292 e. The molecular formula is C14H21N3O3. The predicted octanol–water partition coefficient (Wildman–Crippen LogP) is 1.91. The maximum absolute atomic E-state index is 10.9. The lowest BCUT2D eigenvalue weighted by molar-refractivity contribution is -0.384. The van der Waals surface area contributed by atoms with Crippen molar-refractivity contribution in [1.82, 2.24) is 4.90 Å². The number of nitrogen functional groups attached to an aromatic ring is 1. The van der Waals surface area contributed by atoms with E-state index in [2.05, 4.69) is 4.90 Å². The van der Waals surface area contributed by atoms with Crippen LogP contribution in [0.25, 0.3) is 0 Å². The first-order valence-corrected chi connectivity index (χ1v) is 7.00. The molecule has 1 aromatic rings. The number of benzene rings is 1. The van der Waals surface area contributed by atoms with Crippen LogP contribution in [-0.2, 0) is 6.54 Å². The average molecular weight is 279 g/mol. The van der Waals surface area contributed by atoms with E-state index in [0.29, 0.717) is 19.1 Å². The molecule has 0 radical (unpaired) electrons. The van der Waals surface area contributed by atoms with E-state index in [1.54, 1.807) is 6.07 Å². The Balaban J connectivity index is 2.17. The maximum Gasteiger partial charge on any atom is 0.292 e. The van der Waals surface area contributed by atoms with Crippen molar-refractivity contribution >= 4 is 11.4 Å². The van der Waals surface area contributed by atoms with E-state index in [4.69, 9.17) is 5.73 Å². The molecule has 0 spiro atoms. The Bertz CT molecular complexity index is 473. The Hall–Kier alpha value is -1.66. The second kappa shape index (κ2) is 6.67. The number of anilines is 1. The largest absolute Gasteiger partial charge is 0.395 e. The van der Waals surface area contributed by atoms with Crippen molar-refractivity contribution in [2.45, 2.75) is 38.3 Å². The molecule has 0 heterocycles. The van der Waals surface area contributed by atoms with Gasteiger partial charge in [-0.1, -0.05) is 25.0 Å². The molecule has 1 aliphatic carbocycles. The summed E-state index contributed by atoms with van der Waals surface area (Å²) in [4.78, 5) is 12.6. The normalized spacial score (nSPS) is 15.9. The second-order valence-electron chi connectivity index (χ2n) is 5.24. The van der Waals surface area contributed by atoms with Gasteiger partial charge in [0.15, 0.2) is 0 Å². The fourth-order valence-electron chi connectivity index (χ4n) is 2.90. The summed E-state index contributed by atoms with van der Waals surface area (Å²) < 4.78 is 0. The van der Waals surface area contributed by atoms with E-state index in [1.165, 1.54) is 18.9 Å². The van der Waals surface area contributed by atoms with E-state index in [0.717, 1.165) is 18.4 Å². The molecule has 0 saturated heterocycles. The molecule has 6 heteroatoms. The summed E-state index contributed by atoms with van der Waals surface area (Å²) in [5.41, 5.74) is 6.85. The van der Waals surface area contributed by atoms with Crippen LogP contribution in [0.4, 0.5) is 11.4 Å². The average Bonchev–Trinajstić information content (AvgIpc) is 2.94. The fraction of sp³-hybridized carbons (Fsp3) is 0.571. The number of aliphatic hydroxyl groups excluding tert-OH is 1. The Kier molecular flexibility index (Phi) is 4.92. The minimum Gasteiger partial charge on any atom is -0.395 e. The van der Waals surface area contributed by atoms with Crippen molar-refractivity contribution in [2.75, 3.05) is 18.9 Å². The fourth-order valence-corrected chi connectivity index (χ4v) is 2.90. The second-order valence-corrected chi connectivity index (χ2v) is 5.24. The summed E-state index contributed by atoms with van der Waals surface area (Å²) in [6.07, 6.45) is 4.65. The van der Waals surface area contributed by atoms with Gasteiger partial charge >= 0.3 is 0 Å². The number of nitro groups is 1. The molecule has 0 amide bonds. The van der Waals surface area contributed by atoms with Crippen molar-refractivity contribution < 1.29 is 10.0 Å². The van der Waals surface area contributed by atoms with E-state index in [-0.39, 0.29) is 18.0 Å². The monoisotopic (exact) mass is 279 g/mol. The van der Waals surface area contributed by atoms with Crippen LogP contribution in [0.5, 0.6) is 0 Å². The third kappa shape index (κ3) is 3.26. The first-order chi connectivity index (χ1) is 9.63. The highest BCUT2D eigenvalue weighted by atomic mass is 16.6. The number of nitrogens with zero attached hydrogens (tertiary/aromatic N) is 2. The van der Waals surface area contributed by atoms with Gasteiger partial charge in [0, 0.05) is 25.2 Å². The van der Waals surface area contributed by atoms with Crippen LogP contribution in [0.2, 0.25) is 0 Å². The first-order valence-electron chi connectivity index (χ1n) is 7.00.